The molecule has 1 fully saturated rings. The maximum atomic E-state index is 13.8. The topological polar surface area (TPSA) is 172 Å². The fourth-order valence-electron chi connectivity index (χ4n) is 4.96. The van der Waals surface area contributed by atoms with Crippen LogP contribution in [0.15, 0.2) is 30.4 Å². The molecule has 0 radical (unpaired) electrons. The van der Waals surface area contributed by atoms with Crippen LogP contribution < -0.4 is 5.32 Å². The number of hydrogen-bond donors (Lipinski definition) is 5. The molecule has 0 bridgehead atoms. The molecule has 5 rings (SSSR count). The Morgan fingerprint density at radius 2 is 1.80 bits per heavy atom. The molecule has 0 spiro atoms. The number of nitrogens with zero attached hydrogens (tertiary/aromatic N) is 2. The van der Waals surface area contributed by atoms with E-state index in [2.05, 4.69) is 10.3 Å². The normalized spacial score (nSPS) is 18.8. The van der Waals surface area contributed by atoms with Gasteiger partial charge in [-0.2, -0.15) is 0 Å². The maximum Gasteiger partial charge on any atom is 0.328 e. The van der Waals surface area contributed by atoms with Gasteiger partial charge in [-0.15, -0.1) is 0 Å². The summed E-state index contributed by atoms with van der Waals surface area (Å²) in [5, 5.41) is 29.1. The van der Waals surface area contributed by atoms with E-state index in [9.17, 15) is 28.7 Å². The summed E-state index contributed by atoms with van der Waals surface area (Å²) in [7, 11) is 0. The lowest BCUT2D eigenvalue weighted by Gasteiger charge is -2.34. The molecule has 3 aliphatic heterocycles. The largest absolute Gasteiger partial charge is 0.478 e. The van der Waals surface area contributed by atoms with E-state index in [4.69, 9.17) is 14.9 Å². The lowest BCUT2D eigenvalue weighted by Crippen LogP contribution is -2.50. The molecular formula is C28H31FN4O8. The predicted octanol–water partition coefficient (Wildman–Crippen LogP) is 1.71. The van der Waals surface area contributed by atoms with Crippen LogP contribution in [0.25, 0.3) is 11.6 Å². The number of aliphatic carboxylic acids is 2. The molecule has 0 aliphatic carbocycles. The SMILES string of the molecule is Cc1c(/C=C2\C(=O)Nc3ccc(F)cc32)[nH]c2c1C(=O)N(C[C@H](O)N1CCOCC1)CCC2.O=C(O)/C=C\C(=O)O. The zero-order valence-electron chi connectivity index (χ0n) is 22.4. The number of carbonyl (C=O) groups excluding carboxylic acids is 2. The Hall–Kier alpha value is -4.33. The number of benzene rings is 1. The Bertz CT molecular complexity index is 1390. The molecule has 1 atom stereocenters. The number of aliphatic hydroxyl groups excluding tert-OH is 1. The number of H-pyrrole nitrogens is 1. The number of fused-ring (bicyclic) bond motifs is 2. The number of hydrogen-bond acceptors (Lipinski definition) is 7. The zero-order chi connectivity index (χ0) is 29.7. The number of anilines is 1. The Morgan fingerprint density at radius 3 is 2.46 bits per heavy atom. The Balaban J connectivity index is 0.000000426. The molecule has 1 saturated heterocycles. The van der Waals surface area contributed by atoms with Crippen molar-refractivity contribution < 1.29 is 43.6 Å². The van der Waals surface area contributed by atoms with Gasteiger partial charge in [0.2, 0.25) is 0 Å². The van der Waals surface area contributed by atoms with Gasteiger partial charge < -0.3 is 35.3 Å². The number of rotatable bonds is 6. The van der Waals surface area contributed by atoms with Crippen LogP contribution >= 0.6 is 0 Å². The van der Waals surface area contributed by atoms with Crippen molar-refractivity contribution in [3.8, 4) is 0 Å². The van der Waals surface area contributed by atoms with Crippen LogP contribution in [-0.4, -0.2) is 99.5 Å². The van der Waals surface area contributed by atoms with Crippen molar-refractivity contribution in [1.82, 2.24) is 14.8 Å². The van der Waals surface area contributed by atoms with Gasteiger partial charge in [0.25, 0.3) is 11.8 Å². The fourth-order valence-corrected chi connectivity index (χ4v) is 4.96. The summed E-state index contributed by atoms with van der Waals surface area (Å²) in [5.41, 5.74) is 4.25. The molecule has 2 amide bonds. The highest BCUT2D eigenvalue weighted by Crippen LogP contribution is 2.35. The highest BCUT2D eigenvalue weighted by molar-refractivity contribution is 6.34. The summed E-state index contributed by atoms with van der Waals surface area (Å²) >= 11 is 0. The van der Waals surface area contributed by atoms with Crippen LogP contribution in [0.5, 0.6) is 0 Å². The van der Waals surface area contributed by atoms with Gasteiger partial charge in [0.15, 0.2) is 0 Å². The lowest BCUT2D eigenvalue weighted by molar-refractivity contribution is -0.134. The number of carboxylic acid groups (broad SMARTS) is 2. The van der Waals surface area contributed by atoms with E-state index < -0.39 is 24.0 Å². The zero-order valence-corrected chi connectivity index (χ0v) is 22.4. The minimum absolute atomic E-state index is 0.129. The molecule has 12 nitrogen and oxygen atoms in total. The molecule has 1 aromatic carbocycles. The van der Waals surface area contributed by atoms with E-state index in [-0.39, 0.29) is 18.4 Å². The average Bonchev–Trinajstić information content (AvgIpc) is 3.36. The van der Waals surface area contributed by atoms with Gasteiger partial charge in [-0.05, 0) is 49.6 Å². The second-order valence-electron chi connectivity index (χ2n) is 9.71. The Morgan fingerprint density at radius 1 is 1.12 bits per heavy atom. The van der Waals surface area contributed by atoms with Crippen LogP contribution in [0.3, 0.4) is 0 Å². The summed E-state index contributed by atoms with van der Waals surface area (Å²) in [6.07, 6.45) is 3.51. The summed E-state index contributed by atoms with van der Waals surface area (Å²) in [4.78, 5) is 52.0. The van der Waals surface area contributed by atoms with Crippen molar-refractivity contribution in [1.29, 1.82) is 0 Å². The number of morpholine rings is 1. The second-order valence-corrected chi connectivity index (χ2v) is 9.71. The number of amides is 2. The Labute approximate surface area is 234 Å². The lowest BCUT2D eigenvalue weighted by atomic mass is 10.0. The van der Waals surface area contributed by atoms with Crippen molar-refractivity contribution >= 4 is 41.1 Å². The molecule has 0 saturated carbocycles. The molecule has 13 heteroatoms. The van der Waals surface area contributed by atoms with Crippen LogP contribution in [0.1, 0.15) is 39.3 Å². The average molecular weight is 571 g/mol. The van der Waals surface area contributed by atoms with Crippen molar-refractivity contribution in [2.45, 2.75) is 26.0 Å². The van der Waals surface area contributed by atoms with Gasteiger partial charge in [0, 0.05) is 54.4 Å². The van der Waals surface area contributed by atoms with E-state index in [1.807, 2.05) is 11.8 Å². The first kappa shape index (κ1) is 29.6. The number of nitrogens with one attached hydrogen (secondary N) is 2. The van der Waals surface area contributed by atoms with Crippen LogP contribution in [0.2, 0.25) is 0 Å². The van der Waals surface area contributed by atoms with Crippen LogP contribution in [0.4, 0.5) is 10.1 Å². The van der Waals surface area contributed by atoms with Crippen molar-refractivity contribution in [3.63, 3.8) is 0 Å². The van der Waals surface area contributed by atoms with E-state index in [0.29, 0.717) is 79.5 Å². The summed E-state index contributed by atoms with van der Waals surface area (Å²) in [5.74, 6) is -3.36. The monoisotopic (exact) mass is 570 g/mol. The number of ether oxygens (including phenoxy) is 1. The first-order valence-corrected chi connectivity index (χ1v) is 13.0. The highest BCUT2D eigenvalue weighted by atomic mass is 19.1. The number of carbonyl (C=O) groups is 4. The number of carboxylic acids is 2. The van der Waals surface area contributed by atoms with Crippen molar-refractivity contribution in [3.05, 3.63) is 64.2 Å². The number of halogens is 1. The number of aryl methyl sites for hydroxylation is 1. The molecule has 4 heterocycles. The highest BCUT2D eigenvalue weighted by Gasteiger charge is 2.31. The first-order valence-electron chi connectivity index (χ1n) is 13.0. The van der Waals surface area contributed by atoms with Gasteiger partial charge in [-0.1, -0.05) is 0 Å². The summed E-state index contributed by atoms with van der Waals surface area (Å²) < 4.78 is 19.1. The predicted molar refractivity (Wildman–Crippen MR) is 145 cm³/mol. The first-order chi connectivity index (χ1) is 19.5. The summed E-state index contributed by atoms with van der Waals surface area (Å²) in [6.45, 7) is 5.07. The number of aliphatic hydroxyl groups is 1. The van der Waals surface area contributed by atoms with E-state index in [1.165, 1.54) is 12.1 Å². The van der Waals surface area contributed by atoms with Gasteiger partial charge in [-0.3, -0.25) is 14.5 Å². The molecule has 5 N–H and O–H groups in total. The van der Waals surface area contributed by atoms with E-state index in [0.717, 1.165) is 17.7 Å². The second kappa shape index (κ2) is 12.9. The smallest absolute Gasteiger partial charge is 0.328 e. The quantitative estimate of drug-likeness (QED) is 0.324. The molecule has 218 valence electrons. The van der Waals surface area contributed by atoms with E-state index in [1.54, 1.807) is 17.0 Å². The number of β-amino-alcohol motifs (C(OH)–C–C–N with tert-alkyl or cyclic N) is 1. The van der Waals surface area contributed by atoms with Crippen LogP contribution in [0, 0.1) is 12.7 Å². The van der Waals surface area contributed by atoms with Gasteiger partial charge >= 0.3 is 11.9 Å². The van der Waals surface area contributed by atoms with Gasteiger partial charge in [-0.25, -0.2) is 14.0 Å². The fraction of sp³-hybridized carbons (Fsp3) is 0.357. The number of aromatic amines is 1. The molecule has 3 aliphatic rings. The van der Waals surface area contributed by atoms with Crippen LogP contribution in [-0.2, 0) is 25.5 Å². The van der Waals surface area contributed by atoms with Crippen molar-refractivity contribution in [2.24, 2.45) is 0 Å². The minimum atomic E-state index is -1.26. The van der Waals surface area contributed by atoms with Crippen molar-refractivity contribution in [2.75, 3.05) is 44.7 Å². The van der Waals surface area contributed by atoms with Gasteiger partial charge in [0.1, 0.15) is 12.0 Å². The maximum absolute atomic E-state index is 13.8. The van der Waals surface area contributed by atoms with Gasteiger partial charge in [0.05, 0.1) is 30.9 Å². The van der Waals surface area contributed by atoms with E-state index >= 15 is 0 Å². The standard InChI is InChI=1S/C24H27FN4O4.C4H4O4/c1-14-20(12-17-16-11-15(25)4-5-18(16)27-23(17)31)26-19-3-2-6-29(24(32)22(14)19)13-21(30)28-7-9-33-10-8-28;5-3(6)1-2-4(7)8/h4-5,11-12,21,26,30H,2-3,6-10,13H2,1H3,(H,27,31);1-2H,(H,5,6)(H,7,8)/b17-12-;2-1-/t21-;/m0./s1. The minimum Gasteiger partial charge on any atom is -0.478 e. The summed E-state index contributed by atoms with van der Waals surface area (Å²) in [6, 6.07) is 4.19. The molecular weight excluding hydrogens is 539 g/mol. The molecule has 1 aromatic heterocycles. The third-order valence-corrected chi connectivity index (χ3v) is 6.99. The third kappa shape index (κ3) is 7.06. The molecule has 0 unspecified atom stereocenters. The Kier molecular flexibility index (Phi) is 9.32. The number of aromatic nitrogens is 1. The molecule has 41 heavy (non-hydrogen) atoms. The third-order valence-electron chi connectivity index (χ3n) is 6.99. The molecule has 2 aromatic rings.